The molecule has 0 spiro atoms. The van der Waals surface area contributed by atoms with Crippen LogP contribution in [0.3, 0.4) is 0 Å². The molecule has 4 nitrogen and oxygen atoms in total. The Labute approximate surface area is 101 Å². The lowest BCUT2D eigenvalue weighted by Gasteiger charge is -2.17. The Kier molecular flexibility index (Phi) is 3.45. The van der Waals surface area contributed by atoms with Gasteiger partial charge in [-0.2, -0.15) is 0 Å². The number of amides is 1. The summed E-state index contributed by atoms with van der Waals surface area (Å²) >= 11 is 0. The van der Waals surface area contributed by atoms with Gasteiger partial charge in [-0.15, -0.1) is 0 Å². The second-order valence-electron chi connectivity index (χ2n) is 4.53. The lowest BCUT2D eigenvalue weighted by Crippen LogP contribution is -2.34. The van der Waals surface area contributed by atoms with Crippen LogP contribution in [0.25, 0.3) is 0 Å². The van der Waals surface area contributed by atoms with Gasteiger partial charge >= 0.3 is 0 Å². The summed E-state index contributed by atoms with van der Waals surface area (Å²) < 4.78 is 11.0. The first-order valence-electron chi connectivity index (χ1n) is 5.72. The summed E-state index contributed by atoms with van der Waals surface area (Å²) in [4.78, 5) is 11.8. The van der Waals surface area contributed by atoms with Crippen LogP contribution in [0.15, 0.2) is 30.3 Å². The summed E-state index contributed by atoms with van der Waals surface area (Å²) in [6, 6.07) is 9.13. The molecule has 1 amide bonds. The highest BCUT2D eigenvalue weighted by Gasteiger charge is 2.32. The maximum atomic E-state index is 11.8. The summed E-state index contributed by atoms with van der Waals surface area (Å²) in [6.07, 6.45) is -0.0716. The molecule has 4 heteroatoms. The molecule has 17 heavy (non-hydrogen) atoms. The molecule has 1 unspecified atom stereocenters. The lowest BCUT2D eigenvalue weighted by atomic mass is 10.2. The summed E-state index contributed by atoms with van der Waals surface area (Å²) in [5.41, 5.74) is 0.658. The normalized spacial score (nSPS) is 22.4. The number of benzene rings is 1. The first-order chi connectivity index (χ1) is 8.07. The molecular formula is C13H17NO3. The van der Waals surface area contributed by atoms with Crippen LogP contribution in [0.1, 0.15) is 24.2 Å². The fourth-order valence-corrected chi connectivity index (χ4v) is 1.76. The van der Waals surface area contributed by atoms with Crippen molar-refractivity contribution in [2.45, 2.75) is 25.7 Å². The van der Waals surface area contributed by atoms with Crippen LogP contribution in [-0.2, 0) is 9.47 Å². The highest BCUT2D eigenvalue weighted by atomic mass is 16.7. The number of hydrogen-bond acceptors (Lipinski definition) is 3. The minimum absolute atomic E-state index is 0.0716. The number of hydrogen-bond donors (Lipinski definition) is 1. The van der Waals surface area contributed by atoms with E-state index in [1.54, 1.807) is 12.1 Å². The third kappa shape index (κ3) is 3.28. The van der Waals surface area contributed by atoms with Crippen molar-refractivity contribution in [2.24, 2.45) is 0 Å². The van der Waals surface area contributed by atoms with Gasteiger partial charge in [0.05, 0.1) is 6.61 Å². The van der Waals surface area contributed by atoms with Crippen LogP contribution in [-0.4, -0.2) is 30.9 Å². The Morgan fingerprint density at radius 2 is 2.12 bits per heavy atom. The molecular weight excluding hydrogens is 218 g/mol. The lowest BCUT2D eigenvalue weighted by molar-refractivity contribution is -0.137. The van der Waals surface area contributed by atoms with Crippen LogP contribution in [0.2, 0.25) is 0 Å². The van der Waals surface area contributed by atoms with Crippen molar-refractivity contribution >= 4 is 5.91 Å². The Balaban J connectivity index is 1.82. The Morgan fingerprint density at radius 3 is 2.71 bits per heavy atom. The van der Waals surface area contributed by atoms with Crippen molar-refractivity contribution < 1.29 is 14.3 Å². The predicted molar refractivity (Wildman–Crippen MR) is 63.7 cm³/mol. The zero-order valence-electron chi connectivity index (χ0n) is 10.1. The van der Waals surface area contributed by atoms with E-state index in [9.17, 15) is 4.79 Å². The first-order valence-corrected chi connectivity index (χ1v) is 5.72. The van der Waals surface area contributed by atoms with Gasteiger partial charge in [0.1, 0.15) is 6.10 Å². The van der Waals surface area contributed by atoms with Gasteiger partial charge in [0, 0.05) is 12.1 Å². The average Bonchev–Trinajstić information content (AvgIpc) is 2.67. The van der Waals surface area contributed by atoms with Crippen molar-refractivity contribution in [3.8, 4) is 0 Å². The molecule has 1 atom stereocenters. The van der Waals surface area contributed by atoms with E-state index in [-0.39, 0.29) is 12.0 Å². The molecule has 92 valence electrons. The molecule has 0 saturated carbocycles. The molecule has 1 saturated heterocycles. The second-order valence-corrected chi connectivity index (χ2v) is 4.53. The highest BCUT2D eigenvalue weighted by molar-refractivity contribution is 5.94. The number of ether oxygens (including phenoxy) is 2. The summed E-state index contributed by atoms with van der Waals surface area (Å²) in [6.45, 7) is 4.72. The standard InChI is InChI=1S/C13H17NO3/c1-13(2)16-9-11(17-13)8-14-12(15)10-6-4-3-5-7-10/h3-7,11H,8-9H2,1-2H3,(H,14,15). The molecule has 0 aliphatic carbocycles. The molecule has 1 N–H and O–H groups in total. The van der Waals surface area contributed by atoms with E-state index >= 15 is 0 Å². The highest BCUT2D eigenvalue weighted by Crippen LogP contribution is 2.21. The third-order valence-electron chi connectivity index (χ3n) is 2.59. The van der Waals surface area contributed by atoms with Crippen molar-refractivity contribution in [2.75, 3.05) is 13.2 Å². The molecule has 1 aromatic rings. The van der Waals surface area contributed by atoms with E-state index in [4.69, 9.17) is 9.47 Å². The van der Waals surface area contributed by atoms with Crippen LogP contribution < -0.4 is 5.32 Å². The van der Waals surface area contributed by atoms with Crippen LogP contribution in [0.4, 0.5) is 0 Å². The third-order valence-corrected chi connectivity index (χ3v) is 2.59. The van der Waals surface area contributed by atoms with E-state index in [1.807, 2.05) is 32.0 Å². The molecule has 0 bridgehead atoms. The molecule has 2 rings (SSSR count). The molecule has 1 heterocycles. The number of carbonyl (C=O) groups excluding carboxylic acids is 1. The quantitative estimate of drug-likeness (QED) is 0.865. The van der Waals surface area contributed by atoms with E-state index in [2.05, 4.69) is 5.32 Å². The van der Waals surface area contributed by atoms with Gasteiger partial charge in [-0.1, -0.05) is 18.2 Å². The Hall–Kier alpha value is -1.39. The maximum Gasteiger partial charge on any atom is 0.251 e. The maximum absolute atomic E-state index is 11.8. The number of rotatable bonds is 3. The summed E-state index contributed by atoms with van der Waals surface area (Å²) in [5.74, 6) is -0.624. The van der Waals surface area contributed by atoms with Crippen molar-refractivity contribution in [1.82, 2.24) is 5.32 Å². The van der Waals surface area contributed by atoms with Gasteiger partial charge in [-0.25, -0.2) is 0 Å². The molecule has 1 aliphatic heterocycles. The van der Waals surface area contributed by atoms with Crippen molar-refractivity contribution in [3.05, 3.63) is 35.9 Å². The minimum Gasteiger partial charge on any atom is -0.349 e. The van der Waals surface area contributed by atoms with Gasteiger partial charge in [-0.3, -0.25) is 4.79 Å². The molecule has 0 aromatic heterocycles. The van der Waals surface area contributed by atoms with Crippen LogP contribution in [0.5, 0.6) is 0 Å². The molecule has 0 radical (unpaired) electrons. The Bertz CT molecular complexity index is 389. The van der Waals surface area contributed by atoms with E-state index < -0.39 is 5.79 Å². The Morgan fingerprint density at radius 1 is 1.41 bits per heavy atom. The van der Waals surface area contributed by atoms with Crippen LogP contribution >= 0.6 is 0 Å². The first kappa shape index (κ1) is 12.1. The summed E-state index contributed by atoms with van der Waals surface area (Å²) in [5, 5.41) is 2.83. The van der Waals surface area contributed by atoms with E-state index in [0.29, 0.717) is 18.7 Å². The van der Waals surface area contributed by atoms with Gasteiger partial charge in [0.15, 0.2) is 5.79 Å². The minimum atomic E-state index is -0.540. The largest absolute Gasteiger partial charge is 0.349 e. The van der Waals surface area contributed by atoms with Gasteiger partial charge in [0.25, 0.3) is 5.91 Å². The van der Waals surface area contributed by atoms with Crippen molar-refractivity contribution in [1.29, 1.82) is 0 Å². The summed E-state index contributed by atoms with van der Waals surface area (Å²) in [7, 11) is 0. The van der Waals surface area contributed by atoms with E-state index in [1.165, 1.54) is 0 Å². The number of nitrogens with one attached hydrogen (secondary N) is 1. The van der Waals surface area contributed by atoms with Gasteiger partial charge in [0.2, 0.25) is 0 Å². The monoisotopic (exact) mass is 235 g/mol. The zero-order valence-corrected chi connectivity index (χ0v) is 10.1. The second kappa shape index (κ2) is 4.85. The fraction of sp³-hybridized carbons (Fsp3) is 0.462. The molecule has 1 aliphatic rings. The smallest absolute Gasteiger partial charge is 0.251 e. The zero-order chi connectivity index (χ0) is 12.3. The fourth-order valence-electron chi connectivity index (χ4n) is 1.76. The SMILES string of the molecule is CC1(C)OCC(CNC(=O)c2ccccc2)O1. The van der Waals surface area contributed by atoms with Gasteiger partial charge < -0.3 is 14.8 Å². The molecule has 1 aromatic carbocycles. The van der Waals surface area contributed by atoms with Gasteiger partial charge in [-0.05, 0) is 26.0 Å². The van der Waals surface area contributed by atoms with E-state index in [0.717, 1.165) is 0 Å². The number of carbonyl (C=O) groups is 1. The predicted octanol–water partition coefficient (Wildman–Crippen LogP) is 1.57. The van der Waals surface area contributed by atoms with Crippen LogP contribution in [0, 0.1) is 0 Å². The molecule has 1 fully saturated rings. The topological polar surface area (TPSA) is 47.6 Å². The van der Waals surface area contributed by atoms with Crippen molar-refractivity contribution in [3.63, 3.8) is 0 Å². The average molecular weight is 235 g/mol.